The first-order valence-electron chi connectivity index (χ1n) is 5.02. The summed E-state index contributed by atoms with van der Waals surface area (Å²) in [5, 5.41) is 3.37. The third-order valence-corrected chi connectivity index (χ3v) is 2.47. The maximum absolute atomic E-state index is 5.90. The van der Waals surface area contributed by atoms with Crippen molar-refractivity contribution >= 4 is 11.4 Å². The Morgan fingerprint density at radius 3 is 3.07 bits per heavy atom. The van der Waals surface area contributed by atoms with E-state index in [1.165, 1.54) is 5.56 Å². The van der Waals surface area contributed by atoms with Gasteiger partial charge in [0.15, 0.2) is 5.75 Å². The number of ether oxygens (including phenoxy) is 1. The van der Waals surface area contributed by atoms with Gasteiger partial charge in [-0.1, -0.05) is 6.92 Å². The highest BCUT2D eigenvalue weighted by atomic mass is 16.5. The summed E-state index contributed by atoms with van der Waals surface area (Å²) < 4.78 is 5.58. The predicted octanol–water partition coefficient (Wildman–Crippen LogP) is 2.02. The Morgan fingerprint density at radius 2 is 2.36 bits per heavy atom. The number of nitrogen functional groups attached to an aromatic ring is 1. The molecule has 0 saturated heterocycles. The molecule has 0 bridgehead atoms. The number of nitrogens with two attached hydrogens (primary N) is 1. The predicted molar refractivity (Wildman–Crippen MR) is 58.8 cm³/mol. The molecule has 0 saturated carbocycles. The Balaban J connectivity index is 2.43. The van der Waals surface area contributed by atoms with E-state index in [0.29, 0.717) is 12.6 Å². The van der Waals surface area contributed by atoms with Gasteiger partial charge in [0.25, 0.3) is 0 Å². The minimum Gasteiger partial charge on any atom is -0.487 e. The summed E-state index contributed by atoms with van der Waals surface area (Å²) in [6.07, 6.45) is 0.994. The summed E-state index contributed by atoms with van der Waals surface area (Å²) in [5.74, 6) is 0.806. The van der Waals surface area contributed by atoms with Crippen LogP contribution in [0.4, 0.5) is 11.4 Å². The Hall–Kier alpha value is -1.38. The average molecular weight is 192 g/mol. The van der Waals surface area contributed by atoms with Gasteiger partial charge in [0, 0.05) is 0 Å². The smallest absolute Gasteiger partial charge is 0.165 e. The van der Waals surface area contributed by atoms with Gasteiger partial charge in [-0.25, -0.2) is 0 Å². The van der Waals surface area contributed by atoms with Crippen LogP contribution in [0.15, 0.2) is 12.1 Å². The fraction of sp³-hybridized carbons (Fsp3) is 0.455. The molecule has 0 amide bonds. The van der Waals surface area contributed by atoms with E-state index < -0.39 is 0 Å². The van der Waals surface area contributed by atoms with Gasteiger partial charge in [0.2, 0.25) is 0 Å². The molecule has 1 heterocycles. The van der Waals surface area contributed by atoms with Crippen LogP contribution in [0.2, 0.25) is 0 Å². The van der Waals surface area contributed by atoms with Crippen molar-refractivity contribution in [3.8, 4) is 5.75 Å². The van der Waals surface area contributed by atoms with Crippen molar-refractivity contribution < 1.29 is 4.74 Å². The van der Waals surface area contributed by atoms with E-state index in [0.717, 1.165) is 23.5 Å². The number of nitrogens with one attached hydrogen (secondary N) is 1. The van der Waals surface area contributed by atoms with Crippen molar-refractivity contribution in [1.82, 2.24) is 0 Å². The molecule has 1 atom stereocenters. The van der Waals surface area contributed by atoms with E-state index in [1.807, 2.05) is 6.07 Å². The first-order chi connectivity index (χ1) is 6.70. The van der Waals surface area contributed by atoms with Crippen LogP contribution in [0, 0.1) is 0 Å². The lowest BCUT2D eigenvalue weighted by Crippen LogP contribution is -2.28. The highest BCUT2D eigenvalue weighted by Gasteiger charge is 2.17. The monoisotopic (exact) mass is 192 g/mol. The van der Waals surface area contributed by atoms with E-state index in [-0.39, 0.29) is 0 Å². The SMILES string of the molecule is CCc1cc(N)c2c(c1)NC(C)CO2. The molecule has 1 aliphatic rings. The number of hydrogen-bond acceptors (Lipinski definition) is 3. The van der Waals surface area contributed by atoms with Crippen LogP contribution in [0.3, 0.4) is 0 Å². The lowest BCUT2D eigenvalue weighted by atomic mass is 10.1. The van der Waals surface area contributed by atoms with Gasteiger partial charge in [-0.05, 0) is 31.0 Å². The van der Waals surface area contributed by atoms with Crippen molar-refractivity contribution in [2.24, 2.45) is 0 Å². The number of aryl methyl sites for hydroxylation is 1. The summed E-state index contributed by atoms with van der Waals surface area (Å²) in [6.45, 7) is 4.90. The molecule has 3 N–H and O–H groups in total. The van der Waals surface area contributed by atoms with Crippen LogP contribution in [-0.2, 0) is 6.42 Å². The molecule has 2 rings (SSSR count). The second-order valence-corrected chi connectivity index (χ2v) is 3.77. The molecular formula is C11H16N2O. The van der Waals surface area contributed by atoms with Gasteiger partial charge in [-0.3, -0.25) is 0 Å². The van der Waals surface area contributed by atoms with E-state index in [9.17, 15) is 0 Å². The lowest BCUT2D eigenvalue weighted by molar-refractivity contribution is 0.293. The minimum absolute atomic E-state index is 0.356. The highest BCUT2D eigenvalue weighted by Crippen LogP contribution is 2.36. The number of fused-ring (bicyclic) bond motifs is 1. The first-order valence-corrected chi connectivity index (χ1v) is 5.02. The van der Waals surface area contributed by atoms with Crippen molar-refractivity contribution in [2.45, 2.75) is 26.3 Å². The molecule has 76 valence electrons. The molecule has 0 aromatic heterocycles. The number of anilines is 2. The minimum atomic E-state index is 0.356. The van der Waals surface area contributed by atoms with Crippen molar-refractivity contribution in [3.63, 3.8) is 0 Å². The topological polar surface area (TPSA) is 47.3 Å². The van der Waals surface area contributed by atoms with E-state index in [2.05, 4.69) is 25.2 Å². The number of rotatable bonds is 1. The van der Waals surface area contributed by atoms with Gasteiger partial charge < -0.3 is 15.8 Å². The summed E-state index contributed by atoms with van der Waals surface area (Å²) in [7, 11) is 0. The molecule has 1 aliphatic heterocycles. The molecule has 0 spiro atoms. The lowest BCUT2D eigenvalue weighted by Gasteiger charge is -2.26. The Morgan fingerprint density at radius 1 is 1.57 bits per heavy atom. The van der Waals surface area contributed by atoms with Gasteiger partial charge in [0.1, 0.15) is 6.61 Å². The third-order valence-electron chi connectivity index (χ3n) is 2.47. The summed E-state index contributed by atoms with van der Waals surface area (Å²) in [6, 6.07) is 4.45. The van der Waals surface area contributed by atoms with Crippen molar-refractivity contribution in [3.05, 3.63) is 17.7 Å². The van der Waals surface area contributed by atoms with Crippen LogP contribution in [-0.4, -0.2) is 12.6 Å². The molecule has 0 aliphatic carbocycles. The zero-order valence-electron chi connectivity index (χ0n) is 8.63. The van der Waals surface area contributed by atoms with Crippen LogP contribution in [0.1, 0.15) is 19.4 Å². The maximum atomic E-state index is 5.90. The average Bonchev–Trinajstić information content (AvgIpc) is 2.16. The van der Waals surface area contributed by atoms with E-state index >= 15 is 0 Å². The van der Waals surface area contributed by atoms with E-state index in [1.54, 1.807) is 0 Å². The largest absolute Gasteiger partial charge is 0.487 e. The molecule has 0 radical (unpaired) electrons. The molecule has 3 nitrogen and oxygen atoms in total. The van der Waals surface area contributed by atoms with Gasteiger partial charge in [-0.15, -0.1) is 0 Å². The number of benzene rings is 1. The molecular weight excluding hydrogens is 176 g/mol. The second-order valence-electron chi connectivity index (χ2n) is 3.77. The standard InChI is InChI=1S/C11H16N2O/c1-3-8-4-9(12)11-10(5-8)13-7(2)6-14-11/h4-5,7,13H,3,6,12H2,1-2H3. The summed E-state index contributed by atoms with van der Waals surface area (Å²) >= 11 is 0. The van der Waals surface area contributed by atoms with Crippen LogP contribution >= 0.6 is 0 Å². The van der Waals surface area contributed by atoms with Crippen molar-refractivity contribution in [2.75, 3.05) is 17.7 Å². The second kappa shape index (κ2) is 3.40. The fourth-order valence-electron chi connectivity index (χ4n) is 1.70. The normalized spacial score (nSPS) is 19.4. The Labute approximate surface area is 84.3 Å². The first kappa shape index (κ1) is 9.19. The highest BCUT2D eigenvalue weighted by molar-refractivity contribution is 5.72. The summed E-state index contributed by atoms with van der Waals surface area (Å²) in [5.41, 5.74) is 8.90. The molecule has 1 aromatic rings. The van der Waals surface area contributed by atoms with Crippen LogP contribution < -0.4 is 15.8 Å². The fourth-order valence-corrected chi connectivity index (χ4v) is 1.70. The van der Waals surface area contributed by atoms with Gasteiger partial charge in [0.05, 0.1) is 17.4 Å². The van der Waals surface area contributed by atoms with E-state index in [4.69, 9.17) is 10.5 Å². The van der Waals surface area contributed by atoms with Gasteiger partial charge in [-0.2, -0.15) is 0 Å². The quantitative estimate of drug-likeness (QED) is 0.669. The Kier molecular flexibility index (Phi) is 2.23. The van der Waals surface area contributed by atoms with Crippen LogP contribution in [0.5, 0.6) is 5.75 Å². The molecule has 14 heavy (non-hydrogen) atoms. The van der Waals surface area contributed by atoms with Gasteiger partial charge >= 0.3 is 0 Å². The maximum Gasteiger partial charge on any atom is 0.165 e. The zero-order valence-corrected chi connectivity index (χ0v) is 8.63. The Bertz CT molecular complexity index is 349. The number of hydrogen-bond donors (Lipinski definition) is 2. The molecule has 3 heteroatoms. The molecule has 1 unspecified atom stereocenters. The van der Waals surface area contributed by atoms with Crippen molar-refractivity contribution in [1.29, 1.82) is 0 Å². The summed E-state index contributed by atoms with van der Waals surface area (Å²) in [4.78, 5) is 0. The van der Waals surface area contributed by atoms with Crippen LogP contribution in [0.25, 0.3) is 0 Å². The molecule has 1 aromatic carbocycles. The molecule has 0 fully saturated rings. The third kappa shape index (κ3) is 1.50. The zero-order chi connectivity index (χ0) is 10.1.